The third-order valence-corrected chi connectivity index (χ3v) is 7.38. The molecule has 3 aromatic rings. The molecule has 2 unspecified atom stereocenters. The summed E-state index contributed by atoms with van der Waals surface area (Å²) in [5.74, 6) is 2.06. The number of nitrogens with zero attached hydrogens (tertiary/aromatic N) is 4. The normalized spacial score (nSPS) is 20.3. The van der Waals surface area contributed by atoms with Gasteiger partial charge >= 0.3 is 0 Å². The summed E-state index contributed by atoms with van der Waals surface area (Å²) < 4.78 is 0. The van der Waals surface area contributed by atoms with E-state index in [1.54, 1.807) is 0 Å². The summed E-state index contributed by atoms with van der Waals surface area (Å²) in [6, 6.07) is 0. The maximum atomic E-state index is 12.9. The third-order valence-electron chi connectivity index (χ3n) is 5.39. The van der Waals surface area contributed by atoms with Gasteiger partial charge < -0.3 is 0 Å². The Labute approximate surface area is 179 Å². The highest BCUT2D eigenvalue weighted by Gasteiger charge is 2.23. The molecule has 1 fully saturated rings. The highest BCUT2D eigenvalue weighted by Crippen LogP contribution is 2.32. The van der Waals surface area contributed by atoms with E-state index in [9.17, 15) is 4.79 Å². The number of aromatic nitrogens is 3. The Morgan fingerprint density at radius 1 is 1.17 bits per heavy atom. The van der Waals surface area contributed by atoms with Gasteiger partial charge in [-0.3, -0.25) is 15.0 Å². The largest absolute Gasteiger partial charge is 0.297 e. The second-order valence-corrected chi connectivity index (χ2v) is 10.2. The van der Waals surface area contributed by atoms with Gasteiger partial charge in [-0.25, -0.2) is 15.0 Å². The van der Waals surface area contributed by atoms with Crippen molar-refractivity contribution in [1.29, 1.82) is 0 Å². The van der Waals surface area contributed by atoms with E-state index in [-0.39, 0.29) is 5.91 Å². The van der Waals surface area contributed by atoms with Crippen molar-refractivity contribution >= 4 is 43.9 Å². The van der Waals surface area contributed by atoms with Gasteiger partial charge in [-0.1, -0.05) is 13.8 Å². The standard InChI is InChI=1S/C21H27N5OS2/c1-11-6-12(2)8-26(7-11)9-16-10-28-21(24-16)25-19(27)18-13(3)17-14(4)22-15(5)23-20(17)29-18/h10-12H,6-9H2,1-5H3,(H,24,25,27). The molecule has 0 bridgehead atoms. The number of hydrogen-bond donors (Lipinski definition) is 1. The van der Waals surface area contributed by atoms with Crippen LogP contribution in [-0.4, -0.2) is 38.8 Å². The van der Waals surface area contributed by atoms with E-state index in [4.69, 9.17) is 0 Å². The van der Waals surface area contributed by atoms with Crippen molar-refractivity contribution in [3.63, 3.8) is 0 Å². The molecule has 29 heavy (non-hydrogen) atoms. The fourth-order valence-electron chi connectivity index (χ4n) is 4.43. The van der Waals surface area contributed by atoms with Crippen molar-refractivity contribution in [2.45, 2.75) is 47.6 Å². The van der Waals surface area contributed by atoms with Crippen LogP contribution in [0.4, 0.5) is 5.13 Å². The predicted octanol–water partition coefficient (Wildman–Crippen LogP) is 4.80. The number of carbonyl (C=O) groups excluding carboxylic acids is 1. The van der Waals surface area contributed by atoms with Gasteiger partial charge in [-0.2, -0.15) is 0 Å². The first-order valence-electron chi connectivity index (χ1n) is 10.0. The number of piperidine rings is 1. The monoisotopic (exact) mass is 429 g/mol. The van der Waals surface area contributed by atoms with Crippen molar-refractivity contribution in [2.75, 3.05) is 18.4 Å². The maximum absolute atomic E-state index is 12.9. The van der Waals surface area contributed by atoms with Crippen LogP contribution < -0.4 is 5.32 Å². The van der Waals surface area contributed by atoms with E-state index >= 15 is 0 Å². The lowest BCUT2D eigenvalue weighted by atomic mass is 9.92. The molecule has 1 N–H and O–H groups in total. The predicted molar refractivity (Wildman–Crippen MR) is 120 cm³/mol. The molecule has 1 amide bonds. The summed E-state index contributed by atoms with van der Waals surface area (Å²) in [5.41, 5.74) is 2.88. The van der Waals surface area contributed by atoms with Crippen molar-refractivity contribution in [3.05, 3.63) is 33.0 Å². The van der Waals surface area contributed by atoms with Crippen molar-refractivity contribution in [3.8, 4) is 0 Å². The molecule has 1 saturated heterocycles. The molecule has 4 rings (SSSR count). The molecule has 2 atom stereocenters. The number of carbonyl (C=O) groups is 1. The van der Waals surface area contributed by atoms with Gasteiger partial charge in [0.15, 0.2) is 5.13 Å². The Balaban J connectivity index is 1.48. The number of rotatable bonds is 4. The lowest BCUT2D eigenvalue weighted by Crippen LogP contribution is -2.38. The molecule has 1 aliphatic heterocycles. The minimum Gasteiger partial charge on any atom is -0.297 e. The minimum absolute atomic E-state index is 0.122. The molecule has 4 heterocycles. The molecule has 0 radical (unpaired) electrons. The molecule has 0 aliphatic carbocycles. The number of fused-ring (bicyclic) bond motifs is 1. The second kappa shape index (κ2) is 8.08. The fraction of sp³-hybridized carbons (Fsp3) is 0.524. The molecule has 3 aromatic heterocycles. The topological polar surface area (TPSA) is 71.0 Å². The van der Waals surface area contributed by atoms with Crippen LogP contribution in [-0.2, 0) is 6.54 Å². The van der Waals surface area contributed by atoms with E-state index < -0.39 is 0 Å². The summed E-state index contributed by atoms with van der Waals surface area (Å²) in [7, 11) is 0. The van der Waals surface area contributed by atoms with Crippen LogP contribution in [0.15, 0.2) is 5.38 Å². The number of thiophene rings is 1. The Morgan fingerprint density at radius 3 is 2.62 bits per heavy atom. The molecular weight excluding hydrogens is 402 g/mol. The van der Waals surface area contributed by atoms with Crippen LogP contribution in [0, 0.1) is 32.6 Å². The van der Waals surface area contributed by atoms with Gasteiger partial charge in [0.2, 0.25) is 0 Å². The molecule has 0 saturated carbocycles. The Morgan fingerprint density at radius 2 is 1.90 bits per heavy atom. The van der Waals surface area contributed by atoms with E-state index in [0.717, 1.165) is 64.5 Å². The molecule has 0 aromatic carbocycles. The van der Waals surface area contributed by atoms with Crippen molar-refractivity contribution in [2.24, 2.45) is 11.8 Å². The van der Waals surface area contributed by atoms with Crippen molar-refractivity contribution < 1.29 is 4.79 Å². The van der Waals surface area contributed by atoms with Gasteiger partial charge in [0.1, 0.15) is 10.7 Å². The van der Waals surface area contributed by atoms with E-state index in [1.165, 1.54) is 29.1 Å². The maximum Gasteiger partial charge on any atom is 0.267 e. The number of nitrogens with one attached hydrogen (secondary N) is 1. The van der Waals surface area contributed by atoms with Gasteiger partial charge in [-0.05, 0) is 44.6 Å². The Bertz CT molecular complexity index is 1050. The molecule has 8 heteroatoms. The van der Waals surface area contributed by atoms with Crippen LogP contribution in [0.5, 0.6) is 0 Å². The Kier molecular flexibility index (Phi) is 5.68. The molecule has 154 valence electrons. The first-order chi connectivity index (χ1) is 13.8. The average Bonchev–Trinajstić information content (AvgIpc) is 3.18. The summed E-state index contributed by atoms with van der Waals surface area (Å²) in [6.45, 7) is 13.5. The SMILES string of the molecule is Cc1nc(C)c2c(C)c(C(=O)Nc3nc(CN4CC(C)CC(C)C4)cs3)sc2n1. The molecule has 0 spiro atoms. The van der Waals surface area contributed by atoms with Gasteiger partial charge in [-0.15, -0.1) is 22.7 Å². The van der Waals surface area contributed by atoms with Crippen LogP contribution in [0.1, 0.15) is 52.7 Å². The van der Waals surface area contributed by atoms with E-state index in [2.05, 4.69) is 44.4 Å². The van der Waals surface area contributed by atoms with Gasteiger partial charge in [0.25, 0.3) is 5.91 Å². The van der Waals surface area contributed by atoms with Crippen LogP contribution >= 0.6 is 22.7 Å². The zero-order chi connectivity index (χ0) is 20.7. The van der Waals surface area contributed by atoms with Crippen LogP contribution in [0.2, 0.25) is 0 Å². The first-order valence-corrected chi connectivity index (χ1v) is 11.7. The number of anilines is 1. The zero-order valence-electron chi connectivity index (χ0n) is 17.6. The lowest BCUT2D eigenvalue weighted by Gasteiger charge is -2.34. The smallest absolute Gasteiger partial charge is 0.267 e. The highest BCUT2D eigenvalue weighted by molar-refractivity contribution is 7.21. The number of hydrogen-bond acceptors (Lipinski definition) is 7. The molecular formula is C21H27N5OS2. The number of amides is 1. The van der Waals surface area contributed by atoms with Crippen LogP contribution in [0.3, 0.4) is 0 Å². The third kappa shape index (κ3) is 4.34. The highest BCUT2D eigenvalue weighted by atomic mass is 32.1. The quantitative estimate of drug-likeness (QED) is 0.645. The van der Waals surface area contributed by atoms with Crippen molar-refractivity contribution in [1.82, 2.24) is 19.9 Å². The summed E-state index contributed by atoms with van der Waals surface area (Å²) in [6.07, 6.45) is 1.30. The fourth-order valence-corrected chi connectivity index (χ4v) is 6.30. The Hall–Kier alpha value is -1.90. The zero-order valence-corrected chi connectivity index (χ0v) is 19.2. The number of aryl methyl sites for hydroxylation is 3. The number of likely N-dealkylation sites (tertiary alicyclic amines) is 1. The van der Waals surface area contributed by atoms with E-state index in [1.807, 2.05) is 20.8 Å². The van der Waals surface area contributed by atoms with E-state index in [0.29, 0.717) is 10.0 Å². The van der Waals surface area contributed by atoms with Gasteiger partial charge in [0, 0.05) is 36.1 Å². The summed E-state index contributed by atoms with van der Waals surface area (Å²) >= 11 is 2.91. The second-order valence-electron chi connectivity index (χ2n) is 8.33. The molecule has 6 nitrogen and oxygen atoms in total. The average molecular weight is 430 g/mol. The van der Waals surface area contributed by atoms with Crippen LogP contribution in [0.25, 0.3) is 10.2 Å². The number of thiazole rings is 1. The van der Waals surface area contributed by atoms with Gasteiger partial charge in [0.05, 0.1) is 10.6 Å². The summed E-state index contributed by atoms with van der Waals surface area (Å²) in [5, 5.41) is 6.67. The lowest BCUT2D eigenvalue weighted by molar-refractivity contribution is 0.103. The first kappa shape index (κ1) is 20.4. The summed E-state index contributed by atoms with van der Waals surface area (Å²) in [4.78, 5) is 30.5. The minimum atomic E-state index is -0.122. The molecule has 1 aliphatic rings.